The van der Waals surface area contributed by atoms with Crippen molar-refractivity contribution in [1.29, 1.82) is 0 Å². The largest absolute Gasteiger partial charge is 0.408 e. The van der Waals surface area contributed by atoms with E-state index in [0.717, 1.165) is 32.1 Å². The van der Waals surface area contributed by atoms with Crippen LogP contribution in [0.1, 0.15) is 63.1 Å². The van der Waals surface area contributed by atoms with E-state index in [2.05, 4.69) is 10.2 Å². The van der Waals surface area contributed by atoms with Gasteiger partial charge in [0, 0.05) is 18.3 Å². The molecule has 0 saturated heterocycles. The summed E-state index contributed by atoms with van der Waals surface area (Å²) >= 11 is 1.33. The highest BCUT2D eigenvalue weighted by Gasteiger charge is 2.34. The molecule has 0 radical (unpaired) electrons. The molecule has 0 spiro atoms. The van der Waals surface area contributed by atoms with Gasteiger partial charge in [-0.25, -0.2) is 0 Å². The zero-order valence-corrected chi connectivity index (χ0v) is 17.1. The molecule has 9 heteroatoms. The minimum atomic E-state index is -0.548. The quantitative estimate of drug-likeness (QED) is 0.363. The van der Waals surface area contributed by atoms with Gasteiger partial charge in [0.1, 0.15) is 6.04 Å². The molecule has 0 unspecified atom stereocenters. The van der Waals surface area contributed by atoms with Crippen LogP contribution < -0.4 is 5.73 Å². The highest BCUT2D eigenvalue weighted by Crippen LogP contribution is 2.27. The molecule has 1 fully saturated rings. The van der Waals surface area contributed by atoms with E-state index in [1.807, 2.05) is 13.8 Å². The lowest BCUT2D eigenvalue weighted by atomic mass is 9.91. The minimum Gasteiger partial charge on any atom is -0.408 e. The maximum atomic E-state index is 13.0. The molecule has 148 valence electrons. The summed E-state index contributed by atoms with van der Waals surface area (Å²) in [6, 6.07) is -0.429. The number of hydrogen-bond acceptors (Lipinski definition) is 7. The van der Waals surface area contributed by atoms with E-state index in [-0.39, 0.29) is 36.0 Å². The number of rotatable bonds is 10. The average Bonchev–Trinajstić information content (AvgIpc) is 3.08. The average molecular weight is 405 g/mol. The van der Waals surface area contributed by atoms with Crippen LogP contribution in [0.4, 0.5) is 0 Å². The first-order valence-corrected chi connectivity index (χ1v) is 9.98. The Morgan fingerprint density at radius 1 is 1.35 bits per heavy atom. The third kappa shape index (κ3) is 6.25. The van der Waals surface area contributed by atoms with Crippen LogP contribution in [0.5, 0.6) is 0 Å². The SMILES string of the molecule is CC(C)C[C@@H](C(=O)c1nnc(SCCN)o1)N(C=O)C1CCCCC1.Cl. The number of Topliss-reactive ketones (excluding diaryl/α,β-unsaturated/α-hetero) is 1. The third-order valence-electron chi connectivity index (χ3n) is 4.44. The molecular weight excluding hydrogens is 376 g/mol. The van der Waals surface area contributed by atoms with E-state index in [4.69, 9.17) is 10.2 Å². The first-order chi connectivity index (χ1) is 12.1. The van der Waals surface area contributed by atoms with Gasteiger partial charge in [-0.2, -0.15) is 0 Å². The second-order valence-electron chi connectivity index (χ2n) is 6.86. The molecule has 26 heavy (non-hydrogen) atoms. The monoisotopic (exact) mass is 404 g/mol. The molecule has 1 aromatic rings. The second kappa shape index (κ2) is 11.6. The summed E-state index contributed by atoms with van der Waals surface area (Å²) < 4.78 is 5.49. The number of ketones is 1. The topological polar surface area (TPSA) is 102 Å². The number of aromatic nitrogens is 2. The standard InChI is InChI=1S/C17H28N4O3S.ClH/c1-12(2)10-14(21(11-22)13-6-4-3-5-7-13)15(23)16-19-20-17(24-16)25-9-8-18;/h11-14H,3-10,18H2,1-2H3;1H/t14-;/m0./s1. The van der Waals surface area contributed by atoms with Crippen molar-refractivity contribution < 1.29 is 14.0 Å². The van der Waals surface area contributed by atoms with Gasteiger partial charge in [0.15, 0.2) is 0 Å². The molecule has 0 aliphatic heterocycles. The molecular formula is C17H29ClN4O3S. The number of amides is 1. The molecule has 1 heterocycles. The Balaban J connectivity index is 0.00000338. The Hall–Kier alpha value is -1.12. The van der Waals surface area contributed by atoms with Crippen molar-refractivity contribution in [3.8, 4) is 0 Å². The maximum absolute atomic E-state index is 13.0. The van der Waals surface area contributed by atoms with Gasteiger partial charge in [-0.15, -0.1) is 22.6 Å². The molecule has 2 rings (SSSR count). The minimum absolute atomic E-state index is 0. The predicted octanol–water partition coefficient (Wildman–Crippen LogP) is 2.93. The van der Waals surface area contributed by atoms with E-state index < -0.39 is 6.04 Å². The number of carbonyl (C=O) groups excluding carboxylic acids is 2. The Morgan fingerprint density at radius 2 is 2.04 bits per heavy atom. The number of carbonyl (C=O) groups is 2. The van der Waals surface area contributed by atoms with Crippen molar-refractivity contribution in [2.75, 3.05) is 12.3 Å². The molecule has 1 amide bonds. The fraction of sp³-hybridized carbons (Fsp3) is 0.765. The number of thioether (sulfide) groups is 1. The van der Waals surface area contributed by atoms with Gasteiger partial charge in [-0.3, -0.25) is 9.59 Å². The van der Waals surface area contributed by atoms with Crippen LogP contribution in [0.2, 0.25) is 0 Å². The second-order valence-corrected chi connectivity index (χ2v) is 7.91. The van der Waals surface area contributed by atoms with E-state index in [0.29, 0.717) is 23.9 Å². The summed E-state index contributed by atoms with van der Waals surface area (Å²) in [5.74, 6) is 0.633. The lowest BCUT2D eigenvalue weighted by Gasteiger charge is -2.36. The zero-order valence-electron chi connectivity index (χ0n) is 15.4. The summed E-state index contributed by atoms with van der Waals surface area (Å²) in [4.78, 5) is 26.5. The van der Waals surface area contributed by atoms with Crippen LogP contribution in [-0.2, 0) is 4.79 Å². The lowest BCUT2D eigenvalue weighted by Crippen LogP contribution is -2.48. The van der Waals surface area contributed by atoms with Crippen molar-refractivity contribution in [3.05, 3.63) is 5.89 Å². The van der Waals surface area contributed by atoms with Crippen molar-refractivity contribution in [2.45, 2.75) is 69.7 Å². The highest BCUT2D eigenvalue weighted by atomic mass is 35.5. The van der Waals surface area contributed by atoms with Crippen LogP contribution >= 0.6 is 24.2 Å². The van der Waals surface area contributed by atoms with Gasteiger partial charge in [0.05, 0.1) is 0 Å². The van der Waals surface area contributed by atoms with Gasteiger partial charge in [-0.05, 0) is 25.2 Å². The first kappa shape index (κ1) is 22.9. The summed E-state index contributed by atoms with van der Waals surface area (Å²) in [6.07, 6.45) is 6.68. The Bertz CT molecular complexity index is 564. The van der Waals surface area contributed by atoms with E-state index >= 15 is 0 Å². The summed E-state index contributed by atoms with van der Waals surface area (Å²) in [7, 11) is 0. The molecule has 0 aromatic carbocycles. The van der Waals surface area contributed by atoms with Gasteiger partial charge < -0.3 is 15.1 Å². The molecule has 7 nitrogen and oxygen atoms in total. The van der Waals surface area contributed by atoms with E-state index in [9.17, 15) is 9.59 Å². The normalized spacial score (nSPS) is 16.2. The predicted molar refractivity (Wildman–Crippen MR) is 104 cm³/mol. The summed E-state index contributed by atoms with van der Waals surface area (Å²) in [5.41, 5.74) is 5.46. The van der Waals surface area contributed by atoms with Crippen molar-refractivity contribution in [2.24, 2.45) is 11.7 Å². The molecule has 0 bridgehead atoms. The van der Waals surface area contributed by atoms with E-state index in [1.165, 1.54) is 18.2 Å². The third-order valence-corrected chi connectivity index (χ3v) is 5.29. The van der Waals surface area contributed by atoms with Crippen molar-refractivity contribution in [3.63, 3.8) is 0 Å². The molecule has 1 aliphatic rings. The summed E-state index contributed by atoms with van der Waals surface area (Å²) in [5, 5.41) is 8.13. The van der Waals surface area contributed by atoms with Crippen LogP contribution in [0.3, 0.4) is 0 Å². The molecule has 1 aliphatic carbocycles. The first-order valence-electron chi connectivity index (χ1n) is 9.00. The Labute approximate surface area is 165 Å². The zero-order chi connectivity index (χ0) is 18.2. The van der Waals surface area contributed by atoms with Gasteiger partial charge >= 0.3 is 0 Å². The van der Waals surface area contributed by atoms with Crippen molar-refractivity contribution in [1.82, 2.24) is 15.1 Å². The smallest absolute Gasteiger partial charge is 0.286 e. The molecule has 1 atom stereocenters. The van der Waals surface area contributed by atoms with Crippen LogP contribution in [0.25, 0.3) is 0 Å². The summed E-state index contributed by atoms with van der Waals surface area (Å²) in [6.45, 7) is 4.58. The molecule has 2 N–H and O–H groups in total. The Morgan fingerprint density at radius 3 is 2.62 bits per heavy atom. The molecule has 1 aromatic heterocycles. The van der Waals surface area contributed by atoms with Crippen molar-refractivity contribution >= 4 is 36.4 Å². The van der Waals surface area contributed by atoms with Gasteiger partial charge in [-0.1, -0.05) is 44.9 Å². The fourth-order valence-electron chi connectivity index (χ4n) is 3.26. The van der Waals surface area contributed by atoms with Gasteiger partial charge in [0.2, 0.25) is 12.2 Å². The van der Waals surface area contributed by atoms with Gasteiger partial charge in [0.25, 0.3) is 11.1 Å². The number of nitrogens with two attached hydrogens (primary N) is 1. The lowest BCUT2D eigenvalue weighted by molar-refractivity contribution is -0.122. The number of halogens is 1. The fourth-order valence-corrected chi connectivity index (χ4v) is 3.79. The number of hydrogen-bond donors (Lipinski definition) is 1. The number of nitrogens with zero attached hydrogens (tertiary/aromatic N) is 3. The van der Waals surface area contributed by atoms with Crippen LogP contribution in [-0.4, -0.2) is 51.7 Å². The van der Waals surface area contributed by atoms with E-state index in [1.54, 1.807) is 4.90 Å². The highest BCUT2D eigenvalue weighted by molar-refractivity contribution is 7.99. The molecule has 1 saturated carbocycles. The van der Waals surface area contributed by atoms with Crippen LogP contribution in [0, 0.1) is 5.92 Å². The van der Waals surface area contributed by atoms with Crippen LogP contribution in [0.15, 0.2) is 9.64 Å². The Kier molecular flexibility index (Phi) is 10.2. The maximum Gasteiger partial charge on any atom is 0.286 e.